The SMILES string of the molecule is O=[N+]([O-])c1ccc(Cn2cc(Nc3ncc(Cl)c(O)n3)cn2)cc1. The van der Waals surface area contributed by atoms with Gasteiger partial charge >= 0.3 is 0 Å². The van der Waals surface area contributed by atoms with E-state index < -0.39 is 4.92 Å². The molecule has 0 bridgehead atoms. The van der Waals surface area contributed by atoms with Crippen LogP contribution in [0.4, 0.5) is 17.3 Å². The highest BCUT2D eigenvalue weighted by Crippen LogP contribution is 2.21. The molecule has 0 radical (unpaired) electrons. The van der Waals surface area contributed by atoms with E-state index in [0.717, 1.165) is 5.56 Å². The molecular weight excluding hydrogens is 336 g/mol. The molecule has 10 heteroatoms. The minimum atomic E-state index is -0.443. The molecule has 3 rings (SSSR count). The molecule has 3 aromatic rings. The molecule has 0 aliphatic carbocycles. The number of hydrogen-bond donors (Lipinski definition) is 2. The summed E-state index contributed by atoms with van der Waals surface area (Å²) in [7, 11) is 0. The Morgan fingerprint density at radius 3 is 2.71 bits per heavy atom. The molecule has 122 valence electrons. The maximum atomic E-state index is 10.6. The zero-order valence-corrected chi connectivity index (χ0v) is 12.9. The molecule has 0 unspecified atom stereocenters. The van der Waals surface area contributed by atoms with Gasteiger partial charge in [-0.15, -0.1) is 0 Å². The van der Waals surface area contributed by atoms with Crippen molar-refractivity contribution >= 4 is 28.9 Å². The van der Waals surface area contributed by atoms with Crippen LogP contribution in [0.1, 0.15) is 5.56 Å². The molecular formula is C14H11ClN6O3. The second-order valence-electron chi connectivity index (χ2n) is 4.84. The van der Waals surface area contributed by atoms with Crippen LogP contribution in [-0.2, 0) is 6.54 Å². The van der Waals surface area contributed by atoms with Crippen molar-refractivity contribution in [2.75, 3.05) is 5.32 Å². The lowest BCUT2D eigenvalue weighted by Crippen LogP contribution is -2.00. The van der Waals surface area contributed by atoms with Gasteiger partial charge in [-0.1, -0.05) is 23.7 Å². The zero-order valence-electron chi connectivity index (χ0n) is 12.1. The summed E-state index contributed by atoms with van der Waals surface area (Å²) in [6.45, 7) is 0.451. The van der Waals surface area contributed by atoms with Crippen LogP contribution >= 0.6 is 11.6 Å². The molecule has 0 saturated carbocycles. The lowest BCUT2D eigenvalue weighted by Gasteiger charge is -2.03. The molecule has 0 amide bonds. The summed E-state index contributed by atoms with van der Waals surface area (Å²) < 4.78 is 1.65. The fourth-order valence-electron chi connectivity index (χ4n) is 1.97. The number of aromatic hydroxyl groups is 1. The van der Waals surface area contributed by atoms with Crippen LogP contribution < -0.4 is 5.32 Å². The predicted octanol–water partition coefficient (Wildman–Crippen LogP) is 2.73. The Morgan fingerprint density at radius 2 is 2.04 bits per heavy atom. The van der Waals surface area contributed by atoms with Crippen LogP contribution in [-0.4, -0.2) is 29.8 Å². The van der Waals surface area contributed by atoms with Gasteiger partial charge in [0, 0.05) is 18.3 Å². The molecule has 1 aromatic carbocycles. The van der Waals surface area contributed by atoms with Crippen LogP contribution in [0, 0.1) is 10.1 Å². The molecule has 2 heterocycles. The summed E-state index contributed by atoms with van der Waals surface area (Å²) in [5, 5.41) is 27.2. The van der Waals surface area contributed by atoms with Crippen LogP contribution in [0.15, 0.2) is 42.9 Å². The molecule has 2 N–H and O–H groups in total. The summed E-state index contributed by atoms with van der Waals surface area (Å²) in [4.78, 5) is 17.9. The van der Waals surface area contributed by atoms with E-state index in [4.69, 9.17) is 11.6 Å². The average Bonchev–Trinajstić information content (AvgIpc) is 2.98. The molecule has 0 saturated heterocycles. The Hall–Kier alpha value is -3.20. The largest absolute Gasteiger partial charge is 0.492 e. The van der Waals surface area contributed by atoms with Gasteiger partial charge < -0.3 is 10.4 Å². The summed E-state index contributed by atoms with van der Waals surface area (Å²) >= 11 is 5.65. The van der Waals surface area contributed by atoms with E-state index in [9.17, 15) is 15.2 Å². The molecule has 0 fully saturated rings. The van der Waals surface area contributed by atoms with Crippen molar-refractivity contribution in [3.63, 3.8) is 0 Å². The van der Waals surface area contributed by atoms with E-state index in [-0.39, 0.29) is 22.5 Å². The summed E-state index contributed by atoms with van der Waals surface area (Å²) in [6.07, 6.45) is 4.57. The highest BCUT2D eigenvalue weighted by Gasteiger charge is 2.07. The quantitative estimate of drug-likeness (QED) is 0.538. The predicted molar refractivity (Wildman–Crippen MR) is 86.4 cm³/mol. The Balaban J connectivity index is 1.68. The van der Waals surface area contributed by atoms with Gasteiger partial charge in [-0.25, -0.2) is 4.98 Å². The fourth-order valence-corrected chi connectivity index (χ4v) is 2.06. The second-order valence-corrected chi connectivity index (χ2v) is 5.25. The highest BCUT2D eigenvalue weighted by atomic mass is 35.5. The first-order valence-corrected chi connectivity index (χ1v) is 7.13. The average molecular weight is 347 g/mol. The summed E-state index contributed by atoms with van der Waals surface area (Å²) in [5.74, 6) is -0.126. The first-order valence-electron chi connectivity index (χ1n) is 6.75. The third-order valence-corrected chi connectivity index (χ3v) is 3.37. The number of nitrogens with zero attached hydrogens (tertiary/aromatic N) is 5. The number of nitro groups is 1. The minimum absolute atomic E-state index is 0.0428. The molecule has 2 aromatic heterocycles. The van der Waals surface area contributed by atoms with Crippen LogP contribution in [0.3, 0.4) is 0 Å². The number of aromatic nitrogens is 4. The smallest absolute Gasteiger partial charge is 0.269 e. The van der Waals surface area contributed by atoms with Gasteiger partial charge in [0.05, 0.1) is 29.5 Å². The van der Waals surface area contributed by atoms with Crippen molar-refractivity contribution in [2.45, 2.75) is 6.54 Å². The van der Waals surface area contributed by atoms with E-state index in [1.54, 1.807) is 29.2 Å². The standard InChI is InChI=1S/C14H11ClN6O3/c15-12-6-16-14(19-13(12)22)18-10-5-17-20(8-10)7-9-1-3-11(4-2-9)21(23)24/h1-6,8H,7H2,(H2,16,18,19,22). The van der Waals surface area contributed by atoms with Crippen molar-refractivity contribution in [1.82, 2.24) is 19.7 Å². The molecule has 0 atom stereocenters. The van der Waals surface area contributed by atoms with Crippen LogP contribution in [0.25, 0.3) is 0 Å². The monoisotopic (exact) mass is 346 g/mol. The van der Waals surface area contributed by atoms with Crippen LogP contribution in [0.5, 0.6) is 5.88 Å². The molecule has 0 aliphatic rings. The highest BCUT2D eigenvalue weighted by molar-refractivity contribution is 6.31. The van der Waals surface area contributed by atoms with E-state index >= 15 is 0 Å². The maximum Gasteiger partial charge on any atom is 0.269 e. The van der Waals surface area contributed by atoms with Gasteiger partial charge in [0.15, 0.2) is 0 Å². The Kier molecular flexibility index (Phi) is 4.25. The lowest BCUT2D eigenvalue weighted by atomic mass is 10.2. The number of rotatable bonds is 5. The molecule has 0 spiro atoms. The summed E-state index contributed by atoms with van der Waals surface area (Å²) in [5.41, 5.74) is 1.54. The van der Waals surface area contributed by atoms with E-state index in [2.05, 4.69) is 20.4 Å². The zero-order chi connectivity index (χ0) is 17.1. The summed E-state index contributed by atoms with van der Waals surface area (Å²) in [6, 6.07) is 6.24. The van der Waals surface area contributed by atoms with E-state index in [1.165, 1.54) is 18.3 Å². The van der Waals surface area contributed by atoms with Gasteiger partial charge in [-0.05, 0) is 5.56 Å². The number of anilines is 2. The number of nitro benzene ring substituents is 1. The number of halogens is 1. The molecule has 24 heavy (non-hydrogen) atoms. The first-order chi connectivity index (χ1) is 11.5. The van der Waals surface area contributed by atoms with Crippen molar-refractivity contribution in [1.29, 1.82) is 0 Å². The number of nitrogens with one attached hydrogen (secondary N) is 1. The van der Waals surface area contributed by atoms with Gasteiger partial charge in [0.2, 0.25) is 11.8 Å². The van der Waals surface area contributed by atoms with Crippen molar-refractivity contribution in [3.05, 3.63) is 63.6 Å². The van der Waals surface area contributed by atoms with Gasteiger partial charge in [0.1, 0.15) is 5.02 Å². The lowest BCUT2D eigenvalue weighted by molar-refractivity contribution is -0.384. The van der Waals surface area contributed by atoms with Crippen molar-refractivity contribution < 1.29 is 10.0 Å². The van der Waals surface area contributed by atoms with E-state index in [1.807, 2.05) is 0 Å². The molecule has 9 nitrogen and oxygen atoms in total. The number of benzene rings is 1. The van der Waals surface area contributed by atoms with Crippen molar-refractivity contribution in [3.8, 4) is 5.88 Å². The number of hydrogen-bond acceptors (Lipinski definition) is 7. The Bertz CT molecular complexity index is 880. The minimum Gasteiger partial charge on any atom is -0.492 e. The van der Waals surface area contributed by atoms with Gasteiger partial charge in [-0.2, -0.15) is 10.1 Å². The van der Waals surface area contributed by atoms with Gasteiger partial charge in [-0.3, -0.25) is 14.8 Å². The van der Waals surface area contributed by atoms with Crippen molar-refractivity contribution in [2.24, 2.45) is 0 Å². The maximum absolute atomic E-state index is 10.6. The fraction of sp³-hybridized carbons (Fsp3) is 0.0714. The van der Waals surface area contributed by atoms with Crippen LogP contribution in [0.2, 0.25) is 5.02 Å². The third kappa shape index (κ3) is 3.58. The third-order valence-electron chi connectivity index (χ3n) is 3.11. The normalized spacial score (nSPS) is 10.5. The first kappa shape index (κ1) is 15.7. The van der Waals surface area contributed by atoms with Gasteiger partial charge in [0.25, 0.3) is 5.69 Å². The molecule has 0 aliphatic heterocycles. The Labute approximate surface area is 140 Å². The second kappa shape index (κ2) is 6.50. The number of non-ortho nitro benzene ring substituents is 1. The Morgan fingerprint density at radius 1 is 1.29 bits per heavy atom. The van der Waals surface area contributed by atoms with E-state index in [0.29, 0.717) is 12.2 Å². The topological polar surface area (TPSA) is 119 Å².